The zero-order valence-electron chi connectivity index (χ0n) is 16.3. The maximum atomic E-state index is 13.2. The van der Waals surface area contributed by atoms with Gasteiger partial charge in [-0.2, -0.15) is 0 Å². The number of carbonyl (C=O) groups excluding carboxylic acids is 2. The minimum Gasteiger partial charge on any atom is -0.452 e. The molecular weight excluding hydrogens is 378 g/mol. The SMILES string of the molecule is Cc1ccc(-n2c(C)cc(C(=O)OCC(=O)Nc3ccc(F)c(F)c3)c2C)cc1. The molecule has 150 valence electrons. The Kier molecular flexibility index (Phi) is 5.77. The second kappa shape index (κ2) is 8.26. The fraction of sp³-hybridized carbons (Fsp3) is 0.182. The van der Waals surface area contributed by atoms with Gasteiger partial charge in [0.25, 0.3) is 5.91 Å². The van der Waals surface area contributed by atoms with Crippen molar-refractivity contribution >= 4 is 17.6 Å². The third kappa shape index (κ3) is 4.51. The molecule has 1 aromatic heterocycles. The summed E-state index contributed by atoms with van der Waals surface area (Å²) in [5.41, 5.74) is 4.01. The van der Waals surface area contributed by atoms with Crippen LogP contribution in [0.2, 0.25) is 0 Å². The summed E-state index contributed by atoms with van der Waals surface area (Å²) < 4.78 is 33.1. The zero-order valence-corrected chi connectivity index (χ0v) is 16.3. The van der Waals surface area contributed by atoms with Gasteiger partial charge < -0.3 is 14.6 Å². The molecule has 2 aromatic carbocycles. The highest BCUT2D eigenvalue weighted by Gasteiger charge is 2.19. The highest BCUT2D eigenvalue weighted by molar-refractivity contribution is 5.96. The lowest BCUT2D eigenvalue weighted by Crippen LogP contribution is -2.21. The van der Waals surface area contributed by atoms with Gasteiger partial charge in [0, 0.05) is 28.8 Å². The van der Waals surface area contributed by atoms with Gasteiger partial charge in [0.05, 0.1) is 5.56 Å². The van der Waals surface area contributed by atoms with E-state index in [1.165, 1.54) is 6.07 Å². The molecule has 0 bridgehead atoms. The minimum atomic E-state index is -1.08. The molecule has 29 heavy (non-hydrogen) atoms. The number of anilines is 1. The first-order valence-electron chi connectivity index (χ1n) is 8.94. The predicted molar refractivity (Wildman–Crippen MR) is 105 cm³/mol. The number of nitrogens with one attached hydrogen (secondary N) is 1. The molecule has 0 saturated heterocycles. The number of hydrogen-bond donors (Lipinski definition) is 1. The molecule has 0 aliphatic rings. The van der Waals surface area contributed by atoms with Crippen LogP contribution in [0.25, 0.3) is 5.69 Å². The van der Waals surface area contributed by atoms with E-state index < -0.39 is 30.1 Å². The Morgan fingerprint density at radius 1 is 0.966 bits per heavy atom. The van der Waals surface area contributed by atoms with Crippen molar-refractivity contribution < 1.29 is 23.1 Å². The lowest BCUT2D eigenvalue weighted by atomic mass is 10.2. The van der Waals surface area contributed by atoms with Crippen LogP contribution < -0.4 is 5.32 Å². The highest BCUT2D eigenvalue weighted by Crippen LogP contribution is 2.22. The number of ether oxygens (including phenoxy) is 1. The number of nitrogens with zero attached hydrogens (tertiary/aromatic N) is 1. The van der Waals surface area contributed by atoms with E-state index in [2.05, 4.69) is 5.32 Å². The number of amides is 1. The first-order valence-corrected chi connectivity index (χ1v) is 8.94. The van der Waals surface area contributed by atoms with Crippen molar-refractivity contribution in [2.24, 2.45) is 0 Å². The number of rotatable bonds is 5. The summed E-state index contributed by atoms with van der Waals surface area (Å²) in [6.45, 7) is 5.11. The first-order chi connectivity index (χ1) is 13.8. The smallest absolute Gasteiger partial charge is 0.340 e. The Bertz CT molecular complexity index is 1070. The Balaban J connectivity index is 1.68. The molecule has 1 N–H and O–H groups in total. The van der Waals surface area contributed by atoms with E-state index >= 15 is 0 Å². The van der Waals surface area contributed by atoms with Crippen LogP contribution >= 0.6 is 0 Å². The van der Waals surface area contributed by atoms with E-state index in [-0.39, 0.29) is 5.69 Å². The average molecular weight is 398 g/mol. The maximum Gasteiger partial charge on any atom is 0.340 e. The molecule has 0 saturated carbocycles. The summed E-state index contributed by atoms with van der Waals surface area (Å²) in [5, 5.41) is 2.35. The van der Waals surface area contributed by atoms with Crippen LogP contribution in [-0.2, 0) is 9.53 Å². The second-order valence-electron chi connectivity index (χ2n) is 6.71. The molecule has 0 fully saturated rings. The summed E-state index contributed by atoms with van der Waals surface area (Å²) in [6.07, 6.45) is 0. The standard InChI is InChI=1S/C22H20F2N2O3/c1-13-4-7-17(8-5-13)26-14(2)10-18(15(26)3)22(28)29-12-21(27)25-16-6-9-19(23)20(24)11-16/h4-11H,12H2,1-3H3,(H,25,27). The lowest BCUT2D eigenvalue weighted by molar-refractivity contribution is -0.119. The van der Waals surface area contributed by atoms with Crippen molar-refractivity contribution in [3.63, 3.8) is 0 Å². The van der Waals surface area contributed by atoms with Crippen molar-refractivity contribution in [2.45, 2.75) is 20.8 Å². The zero-order chi connectivity index (χ0) is 21.1. The fourth-order valence-corrected chi connectivity index (χ4v) is 3.04. The van der Waals surface area contributed by atoms with E-state index in [1.54, 1.807) is 13.0 Å². The van der Waals surface area contributed by atoms with Gasteiger partial charge in [-0.05, 0) is 51.1 Å². The van der Waals surface area contributed by atoms with Crippen molar-refractivity contribution in [2.75, 3.05) is 11.9 Å². The van der Waals surface area contributed by atoms with Crippen LogP contribution in [-0.4, -0.2) is 23.1 Å². The van der Waals surface area contributed by atoms with Gasteiger partial charge in [0.2, 0.25) is 0 Å². The molecule has 0 unspecified atom stereocenters. The number of hydrogen-bond acceptors (Lipinski definition) is 3. The van der Waals surface area contributed by atoms with Crippen molar-refractivity contribution in [1.29, 1.82) is 0 Å². The van der Waals surface area contributed by atoms with Gasteiger partial charge in [0.1, 0.15) is 0 Å². The second-order valence-corrected chi connectivity index (χ2v) is 6.71. The van der Waals surface area contributed by atoms with Gasteiger partial charge in [-0.1, -0.05) is 17.7 Å². The van der Waals surface area contributed by atoms with E-state index in [1.807, 2.05) is 42.7 Å². The van der Waals surface area contributed by atoms with Crippen LogP contribution in [0.4, 0.5) is 14.5 Å². The van der Waals surface area contributed by atoms with Gasteiger partial charge in [-0.15, -0.1) is 0 Å². The Hall–Kier alpha value is -3.48. The molecule has 0 spiro atoms. The lowest BCUT2D eigenvalue weighted by Gasteiger charge is -2.10. The number of aryl methyl sites for hydroxylation is 2. The topological polar surface area (TPSA) is 60.3 Å². The van der Waals surface area contributed by atoms with Crippen molar-refractivity contribution in [3.8, 4) is 5.69 Å². The van der Waals surface area contributed by atoms with Crippen molar-refractivity contribution in [3.05, 3.63) is 82.7 Å². The number of benzene rings is 2. The summed E-state index contributed by atoms with van der Waals surface area (Å²) in [7, 11) is 0. The fourth-order valence-electron chi connectivity index (χ4n) is 3.04. The van der Waals surface area contributed by atoms with E-state index in [0.717, 1.165) is 29.1 Å². The molecule has 0 atom stereocenters. The first kappa shape index (κ1) is 20.3. The van der Waals surface area contributed by atoms with E-state index in [9.17, 15) is 18.4 Å². The Morgan fingerprint density at radius 3 is 2.31 bits per heavy atom. The number of aromatic nitrogens is 1. The van der Waals surface area contributed by atoms with Gasteiger partial charge in [-0.3, -0.25) is 4.79 Å². The highest BCUT2D eigenvalue weighted by atomic mass is 19.2. The van der Waals surface area contributed by atoms with Crippen LogP contribution in [0, 0.1) is 32.4 Å². The Morgan fingerprint density at radius 2 is 1.66 bits per heavy atom. The summed E-state index contributed by atoms with van der Waals surface area (Å²) >= 11 is 0. The van der Waals surface area contributed by atoms with Crippen LogP contribution in [0.5, 0.6) is 0 Å². The molecule has 3 aromatic rings. The molecule has 0 radical (unpaired) electrons. The summed E-state index contributed by atoms with van der Waals surface area (Å²) in [6, 6.07) is 12.5. The van der Waals surface area contributed by atoms with Gasteiger partial charge in [-0.25, -0.2) is 13.6 Å². The minimum absolute atomic E-state index is 0.0718. The Labute approximate surface area is 166 Å². The predicted octanol–water partition coefficient (Wildman–Crippen LogP) is 4.48. The van der Waals surface area contributed by atoms with Crippen LogP contribution in [0.1, 0.15) is 27.3 Å². The van der Waals surface area contributed by atoms with Gasteiger partial charge in [0.15, 0.2) is 18.2 Å². The summed E-state index contributed by atoms with van der Waals surface area (Å²) in [4.78, 5) is 24.4. The molecule has 3 rings (SSSR count). The number of halogens is 2. The van der Waals surface area contributed by atoms with Crippen LogP contribution in [0.3, 0.4) is 0 Å². The third-order valence-corrected chi connectivity index (χ3v) is 4.48. The largest absolute Gasteiger partial charge is 0.452 e. The quantitative estimate of drug-likeness (QED) is 0.645. The number of esters is 1. The monoisotopic (exact) mass is 398 g/mol. The van der Waals surface area contributed by atoms with Crippen LogP contribution in [0.15, 0.2) is 48.5 Å². The average Bonchev–Trinajstić information content (AvgIpc) is 2.98. The molecular formula is C22H20F2N2O3. The molecule has 0 aliphatic carbocycles. The molecule has 0 aliphatic heterocycles. The molecule has 7 heteroatoms. The molecule has 1 heterocycles. The van der Waals surface area contributed by atoms with Gasteiger partial charge >= 0.3 is 5.97 Å². The van der Waals surface area contributed by atoms with E-state index in [0.29, 0.717) is 11.3 Å². The normalized spacial score (nSPS) is 10.7. The summed E-state index contributed by atoms with van der Waals surface area (Å²) in [5.74, 6) is -3.39. The maximum absolute atomic E-state index is 13.2. The molecule has 1 amide bonds. The van der Waals surface area contributed by atoms with E-state index in [4.69, 9.17) is 4.74 Å². The third-order valence-electron chi connectivity index (χ3n) is 4.48. The number of carbonyl (C=O) groups is 2. The molecule has 5 nitrogen and oxygen atoms in total. The van der Waals surface area contributed by atoms with Crippen molar-refractivity contribution in [1.82, 2.24) is 4.57 Å².